The number of amides is 1. The highest BCUT2D eigenvalue weighted by atomic mass is 16.5. The van der Waals surface area contributed by atoms with Crippen molar-refractivity contribution in [1.29, 1.82) is 5.26 Å². The van der Waals surface area contributed by atoms with Crippen LogP contribution in [0.5, 0.6) is 11.5 Å². The van der Waals surface area contributed by atoms with Gasteiger partial charge in [-0.25, -0.2) is 14.4 Å². The zero-order valence-electron chi connectivity index (χ0n) is 19.3. The van der Waals surface area contributed by atoms with Gasteiger partial charge in [0.25, 0.3) is 0 Å². The molecule has 1 aromatic carbocycles. The Kier molecular flexibility index (Phi) is 9.85. The Morgan fingerprint density at radius 1 is 1.11 bits per heavy atom. The topological polar surface area (TPSA) is 176 Å². The summed E-state index contributed by atoms with van der Waals surface area (Å²) in [6.07, 6.45) is 4.98. The monoisotopic (exact) mass is 489 g/mol. The van der Waals surface area contributed by atoms with Crippen molar-refractivity contribution in [3.63, 3.8) is 0 Å². The van der Waals surface area contributed by atoms with Crippen LogP contribution in [0.2, 0.25) is 0 Å². The molecule has 1 aliphatic heterocycles. The molecule has 1 aromatic heterocycles. The molecule has 0 bridgehead atoms. The fourth-order valence-electron chi connectivity index (χ4n) is 3.41. The number of carbonyl (C=O) groups excluding carboxylic acids is 1. The molecule has 2 aromatic rings. The molecule has 0 aliphatic carbocycles. The van der Waals surface area contributed by atoms with E-state index in [2.05, 4.69) is 11.4 Å². The molecule has 1 amide bonds. The first kappa shape index (κ1) is 26.9. The molecule has 2 heterocycles. The number of benzene rings is 1. The first-order valence-corrected chi connectivity index (χ1v) is 10.6. The minimum Gasteiger partial charge on any atom is -0.497 e. The van der Waals surface area contributed by atoms with Crippen molar-refractivity contribution in [3.05, 3.63) is 41.1 Å². The van der Waals surface area contributed by atoms with E-state index in [1.807, 2.05) is 0 Å². The predicted octanol–water partition coefficient (Wildman–Crippen LogP) is -0.0840. The number of aliphatic carboxylic acids is 2. The van der Waals surface area contributed by atoms with Crippen LogP contribution in [-0.2, 0) is 20.9 Å². The maximum absolute atomic E-state index is 12.7. The van der Waals surface area contributed by atoms with Crippen LogP contribution in [0.15, 0.2) is 35.4 Å². The Morgan fingerprint density at radius 2 is 1.74 bits per heavy atom. The number of ether oxygens (including phenoxy) is 2. The van der Waals surface area contributed by atoms with Crippen LogP contribution in [0.25, 0.3) is 5.69 Å². The number of imidazole rings is 1. The van der Waals surface area contributed by atoms with Crippen molar-refractivity contribution in [2.24, 2.45) is 0 Å². The van der Waals surface area contributed by atoms with Crippen molar-refractivity contribution in [2.75, 3.05) is 33.9 Å². The first-order valence-electron chi connectivity index (χ1n) is 10.6. The van der Waals surface area contributed by atoms with Crippen LogP contribution >= 0.6 is 0 Å². The van der Waals surface area contributed by atoms with Gasteiger partial charge in [-0.15, -0.1) is 0 Å². The largest absolute Gasteiger partial charge is 0.497 e. The highest BCUT2D eigenvalue weighted by Crippen LogP contribution is 2.24. The normalized spacial score (nSPS) is 14.4. The number of nitrogens with one attached hydrogen (secondary N) is 1. The third kappa shape index (κ3) is 7.34. The molecule has 1 aliphatic rings. The number of carboxylic acid groups (broad SMARTS) is 2. The number of methoxy groups -OCH3 is 2. The minimum absolute atomic E-state index is 0.0811. The molecule has 188 valence electrons. The molecule has 0 radical (unpaired) electrons. The number of hydrogen-bond donors (Lipinski definition) is 3. The third-order valence-corrected chi connectivity index (χ3v) is 5.17. The zero-order chi connectivity index (χ0) is 26.0. The lowest BCUT2D eigenvalue weighted by molar-refractivity contribution is -0.159. The summed E-state index contributed by atoms with van der Waals surface area (Å²) in [5.74, 6) is -2.54. The van der Waals surface area contributed by atoms with Gasteiger partial charge in [0.2, 0.25) is 5.91 Å². The van der Waals surface area contributed by atoms with Gasteiger partial charge in [0, 0.05) is 50.2 Å². The van der Waals surface area contributed by atoms with Gasteiger partial charge in [-0.05, 0) is 12.8 Å². The first-order chi connectivity index (χ1) is 16.7. The highest BCUT2D eigenvalue weighted by molar-refractivity contribution is 6.27. The average molecular weight is 489 g/mol. The molecule has 35 heavy (non-hydrogen) atoms. The Hall–Kier alpha value is -4.31. The average Bonchev–Trinajstić information content (AvgIpc) is 3.48. The van der Waals surface area contributed by atoms with Gasteiger partial charge in [0.15, 0.2) is 0 Å². The van der Waals surface area contributed by atoms with E-state index in [9.17, 15) is 9.59 Å². The molecule has 13 nitrogen and oxygen atoms in total. The van der Waals surface area contributed by atoms with E-state index in [1.54, 1.807) is 54.3 Å². The fourth-order valence-corrected chi connectivity index (χ4v) is 3.41. The molecule has 13 heteroatoms. The quantitative estimate of drug-likeness (QED) is 0.336. The van der Waals surface area contributed by atoms with E-state index in [0.29, 0.717) is 36.8 Å². The summed E-state index contributed by atoms with van der Waals surface area (Å²) < 4.78 is 13.6. The fraction of sp³-hybridized carbons (Fsp3) is 0.409. The van der Waals surface area contributed by atoms with Crippen molar-refractivity contribution in [1.82, 2.24) is 19.4 Å². The molecule has 1 fully saturated rings. The number of nitrogens with zero attached hydrogens (tertiary/aromatic N) is 4. The maximum Gasteiger partial charge on any atom is 0.414 e. The molecule has 3 N–H and O–H groups in total. The SMILES string of the molecule is COc1cc(OC)cc(-n2ccn(CCNCC(=O)N3CCCC3C#N)c2=O)c1.O=C(O)C(=O)O. The molecule has 0 spiro atoms. The van der Waals surface area contributed by atoms with Crippen LogP contribution in [-0.4, -0.2) is 82.0 Å². The van der Waals surface area contributed by atoms with Crippen LogP contribution < -0.4 is 20.5 Å². The molecular formula is C22H27N5O8. The summed E-state index contributed by atoms with van der Waals surface area (Å²) >= 11 is 0. The number of carboxylic acids is 2. The Morgan fingerprint density at radius 3 is 2.29 bits per heavy atom. The van der Waals surface area contributed by atoms with Crippen LogP contribution in [0.4, 0.5) is 0 Å². The highest BCUT2D eigenvalue weighted by Gasteiger charge is 2.27. The number of rotatable bonds is 8. The van der Waals surface area contributed by atoms with Gasteiger partial charge in [-0.1, -0.05) is 0 Å². The van der Waals surface area contributed by atoms with Gasteiger partial charge in [-0.2, -0.15) is 5.26 Å². The number of hydrogen-bond acceptors (Lipinski definition) is 8. The van der Waals surface area contributed by atoms with Crippen molar-refractivity contribution < 1.29 is 34.1 Å². The van der Waals surface area contributed by atoms with E-state index in [0.717, 1.165) is 12.8 Å². The van der Waals surface area contributed by atoms with Gasteiger partial charge in [0.1, 0.15) is 17.5 Å². The van der Waals surface area contributed by atoms with Gasteiger partial charge in [0.05, 0.1) is 32.5 Å². The van der Waals surface area contributed by atoms with E-state index in [4.69, 9.17) is 34.5 Å². The molecular weight excluding hydrogens is 462 g/mol. The minimum atomic E-state index is -1.82. The van der Waals surface area contributed by atoms with Crippen molar-refractivity contribution in [3.8, 4) is 23.3 Å². The van der Waals surface area contributed by atoms with Crippen molar-refractivity contribution >= 4 is 17.8 Å². The lowest BCUT2D eigenvalue weighted by Gasteiger charge is -2.19. The zero-order valence-corrected chi connectivity index (χ0v) is 19.3. The smallest absolute Gasteiger partial charge is 0.414 e. The predicted molar refractivity (Wildman–Crippen MR) is 122 cm³/mol. The van der Waals surface area contributed by atoms with E-state index in [-0.39, 0.29) is 24.2 Å². The second kappa shape index (κ2) is 12.8. The van der Waals surface area contributed by atoms with Gasteiger partial charge >= 0.3 is 17.6 Å². The number of aromatic nitrogens is 2. The number of carbonyl (C=O) groups is 3. The Bertz CT molecular complexity index is 1120. The summed E-state index contributed by atoms with van der Waals surface area (Å²) in [6, 6.07) is 7.10. The van der Waals surface area contributed by atoms with E-state index in [1.165, 1.54) is 4.57 Å². The van der Waals surface area contributed by atoms with Crippen LogP contribution in [0.3, 0.4) is 0 Å². The van der Waals surface area contributed by atoms with E-state index >= 15 is 0 Å². The summed E-state index contributed by atoms with van der Waals surface area (Å²) in [4.78, 5) is 44.7. The summed E-state index contributed by atoms with van der Waals surface area (Å²) in [5, 5.41) is 26.9. The lowest BCUT2D eigenvalue weighted by Crippen LogP contribution is -2.41. The Labute approximate surface area is 200 Å². The maximum atomic E-state index is 12.7. The second-order valence-corrected chi connectivity index (χ2v) is 7.38. The third-order valence-electron chi connectivity index (χ3n) is 5.17. The summed E-state index contributed by atoms with van der Waals surface area (Å²) in [6.45, 7) is 1.66. The number of likely N-dealkylation sites (tertiary alicyclic amines) is 1. The molecule has 1 atom stereocenters. The lowest BCUT2D eigenvalue weighted by atomic mass is 10.2. The Balaban J connectivity index is 0.000000641. The van der Waals surface area contributed by atoms with Crippen molar-refractivity contribution in [2.45, 2.75) is 25.4 Å². The molecule has 1 saturated heterocycles. The van der Waals surface area contributed by atoms with E-state index < -0.39 is 11.9 Å². The molecule has 1 unspecified atom stereocenters. The van der Waals surface area contributed by atoms with Crippen LogP contribution in [0.1, 0.15) is 12.8 Å². The molecule has 3 rings (SSSR count). The second-order valence-electron chi connectivity index (χ2n) is 7.38. The standard InChI is InChI=1S/C20H25N5O4.C2H2O4/c1-28-17-10-16(11-18(12-17)29-2)25-9-8-23(20(25)27)7-5-22-14-19(26)24-6-3-4-15(24)13-21;3-1(4)2(5)6/h8-12,15,22H,3-7,14H2,1-2H3;(H,3,4)(H,5,6). The number of nitriles is 1. The van der Waals surface area contributed by atoms with Gasteiger partial charge < -0.3 is 29.9 Å². The van der Waals surface area contributed by atoms with Gasteiger partial charge in [-0.3, -0.25) is 13.9 Å². The summed E-state index contributed by atoms with van der Waals surface area (Å²) in [5.41, 5.74) is 0.446. The van der Waals surface area contributed by atoms with Crippen LogP contribution in [0, 0.1) is 11.3 Å². The molecule has 0 saturated carbocycles. The summed E-state index contributed by atoms with van der Waals surface area (Å²) in [7, 11) is 3.11.